The largest absolute Gasteiger partial charge is 0.381 e. The van der Waals surface area contributed by atoms with Crippen LogP contribution in [0.15, 0.2) is 18.3 Å². The maximum Gasteiger partial charge on any atom is 0.254 e. The van der Waals surface area contributed by atoms with Crippen LogP contribution in [0, 0.1) is 5.92 Å². The quantitative estimate of drug-likeness (QED) is 0.856. The maximum atomic E-state index is 12.1. The second kappa shape index (κ2) is 6.16. The number of pyridine rings is 1. The second-order valence-electron chi connectivity index (χ2n) is 4.55. The van der Waals surface area contributed by atoms with Crippen LogP contribution in [-0.2, 0) is 4.74 Å². The van der Waals surface area contributed by atoms with Crippen molar-refractivity contribution in [2.45, 2.75) is 25.8 Å². The molecule has 18 heavy (non-hydrogen) atoms. The number of nitrogens with zero attached hydrogens (tertiary/aromatic N) is 1. The number of nitrogens with one attached hydrogen (secondary N) is 1. The van der Waals surface area contributed by atoms with Gasteiger partial charge in [-0.25, -0.2) is 4.98 Å². The minimum absolute atomic E-state index is 0.123. The lowest BCUT2D eigenvalue weighted by atomic mass is 9.93. The van der Waals surface area contributed by atoms with E-state index in [0.29, 0.717) is 11.5 Å². The number of ether oxygens (including phenoxy) is 1. The van der Waals surface area contributed by atoms with Crippen LogP contribution >= 0.6 is 11.6 Å². The number of carbonyl (C=O) groups excluding carboxylic acids is 1. The lowest BCUT2D eigenvalue weighted by molar-refractivity contribution is 0.0538. The Morgan fingerprint density at radius 1 is 1.56 bits per heavy atom. The summed E-state index contributed by atoms with van der Waals surface area (Å²) >= 11 is 5.90. The van der Waals surface area contributed by atoms with Crippen molar-refractivity contribution in [3.63, 3.8) is 0 Å². The lowest BCUT2D eigenvalue weighted by Gasteiger charge is -2.28. The summed E-state index contributed by atoms with van der Waals surface area (Å²) in [6.45, 7) is 3.58. The summed E-state index contributed by atoms with van der Waals surface area (Å²) in [5, 5.41) is 3.23. The maximum absolute atomic E-state index is 12.1. The fourth-order valence-electron chi connectivity index (χ4n) is 2.17. The van der Waals surface area contributed by atoms with Gasteiger partial charge >= 0.3 is 0 Å². The molecule has 0 saturated carbocycles. The summed E-state index contributed by atoms with van der Waals surface area (Å²) in [6.07, 6.45) is 3.55. The van der Waals surface area contributed by atoms with Gasteiger partial charge in [-0.2, -0.15) is 0 Å². The zero-order valence-electron chi connectivity index (χ0n) is 10.4. The Balaban J connectivity index is 1.96. The van der Waals surface area contributed by atoms with E-state index in [1.807, 2.05) is 6.92 Å². The number of amides is 1. The second-order valence-corrected chi connectivity index (χ2v) is 4.91. The summed E-state index contributed by atoms with van der Waals surface area (Å²) < 4.78 is 5.31. The zero-order chi connectivity index (χ0) is 13.0. The van der Waals surface area contributed by atoms with E-state index in [1.165, 1.54) is 0 Å². The van der Waals surface area contributed by atoms with Gasteiger partial charge in [-0.05, 0) is 37.8 Å². The normalized spacial score (nSPS) is 18.3. The fraction of sp³-hybridized carbons (Fsp3) is 0.538. The Labute approximate surface area is 112 Å². The van der Waals surface area contributed by atoms with Crippen LogP contribution in [0.25, 0.3) is 0 Å². The minimum atomic E-state index is -0.160. The molecule has 1 aromatic heterocycles. The molecule has 1 unspecified atom stereocenters. The third-order valence-corrected chi connectivity index (χ3v) is 3.64. The smallest absolute Gasteiger partial charge is 0.254 e. The van der Waals surface area contributed by atoms with Crippen LogP contribution in [0.3, 0.4) is 0 Å². The van der Waals surface area contributed by atoms with E-state index in [2.05, 4.69) is 10.3 Å². The first-order valence-corrected chi connectivity index (χ1v) is 6.55. The highest BCUT2D eigenvalue weighted by molar-refractivity contribution is 6.32. The van der Waals surface area contributed by atoms with E-state index in [1.54, 1.807) is 18.3 Å². The Bertz CT molecular complexity index is 419. The Morgan fingerprint density at radius 2 is 2.28 bits per heavy atom. The first kappa shape index (κ1) is 13.3. The number of rotatable bonds is 3. The van der Waals surface area contributed by atoms with E-state index in [-0.39, 0.29) is 17.1 Å². The SMILES string of the molecule is CC(NC(=O)c1cccnc1Cl)C1CCOCC1. The lowest BCUT2D eigenvalue weighted by Crippen LogP contribution is -2.40. The van der Waals surface area contributed by atoms with Gasteiger partial charge in [-0.3, -0.25) is 4.79 Å². The van der Waals surface area contributed by atoms with Gasteiger partial charge in [0, 0.05) is 25.5 Å². The highest BCUT2D eigenvalue weighted by Crippen LogP contribution is 2.19. The molecule has 1 saturated heterocycles. The topological polar surface area (TPSA) is 51.2 Å². The van der Waals surface area contributed by atoms with Crippen molar-refractivity contribution in [3.05, 3.63) is 29.0 Å². The Hall–Kier alpha value is -1.13. The first-order chi connectivity index (χ1) is 8.68. The average Bonchev–Trinajstić information content (AvgIpc) is 2.40. The fourth-order valence-corrected chi connectivity index (χ4v) is 2.38. The molecular formula is C13H17ClN2O2. The molecule has 5 heteroatoms. The van der Waals surface area contributed by atoms with Crippen molar-refractivity contribution in [1.82, 2.24) is 10.3 Å². The zero-order valence-corrected chi connectivity index (χ0v) is 11.1. The highest BCUT2D eigenvalue weighted by Gasteiger charge is 2.22. The molecule has 1 N–H and O–H groups in total. The molecule has 98 valence electrons. The molecule has 0 bridgehead atoms. The van der Waals surface area contributed by atoms with E-state index in [0.717, 1.165) is 26.1 Å². The van der Waals surface area contributed by atoms with Crippen molar-refractivity contribution >= 4 is 17.5 Å². The summed E-state index contributed by atoms with van der Waals surface area (Å²) in [6, 6.07) is 3.51. The molecule has 1 amide bonds. The molecule has 1 aliphatic rings. The summed E-state index contributed by atoms with van der Waals surface area (Å²) in [7, 11) is 0. The Morgan fingerprint density at radius 3 is 2.94 bits per heavy atom. The van der Waals surface area contributed by atoms with Gasteiger partial charge in [0.15, 0.2) is 0 Å². The van der Waals surface area contributed by atoms with Gasteiger partial charge in [-0.15, -0.1) is 0 Å². The van der Waals surface area contributed by atoms with Gasteiger partial charge in [0.25, 0.3) is 5.91 Å². The van der Waals surface area contributed by atoms with Gasteiger partial charge in [0.2, 0.25) is 0 Å². The van der Waals surface area contributed by atoms with Crippen LogP contribution in [0.2, 0.25) is 5.15 Å². The third kappa shape index (κ3) is 3.21. The molecular weight excluding hydrogens is 252 g/mol. The predicted octanol–water partition coefficient (Wildman–Crippen LogP) is 2.28. The Kier molecular flexibility index (Phi) is 4.55. The van der Waals surface area contributed by atoms with Gasteiger partial charge in [0.05, 0.1) is 5.56 Å². The standard InChI is InChI=1S/C13H17ClN2O2/c1-9(10-4-7-18-8-5-10)16-13(17)11-3-2-6-15-12(11)14/h2-3,6,9-10H,4-5,7-8H2,1H3,(H,16,17). The number of hydrogen-bond acceptors (Lipinski definition) is 3. The third-order valence-electron chi connectivity index (χ3n) is 3.34. The van der Waals surface area contributed by atoms with E-state index >= 15 is 0 Å². The molecule has 0 aromatic carbocycles. The number of hydrogen-bond donors (Lipinski definition) is 1. The number of carbonyl (C=O) groups is 1. The summed E-state index contributed by atoms with van der Waals surface area (Å²) in [5.74, 6) is 0.310. The van der Waals surface area contributed by atoms with Crippen LogP contribution in [0.4, 0.5) is 0 Å². The van der Waals surface area contributed by atoms with Crippen molar-refractivity contribution in [1.29, 1.82) is 0 Å². The molecule has 1 atom stereocenters. The van der Waals surface area contributed by atoms with E-state index in [4.69, 9.17) is 16.3 Å². The van der Waals surface area contributed by atoms with Gasteiger partial charge in [0.1, 0.15) is 5.15 Å². The predicted molar refractivity (Wildman–Crippen MR) is 69.7 cm³/mol. The summed E-state index contributed by atoms with van der Waals surface area (Å²) in [4.78, 5) is 16.0. The molecule has 0 aliphatic carbocycles. The highest BCUT2D eigenvalue weighted by atomic mass is 35.5. The van der Waals surface area contributed by atoms with Crippen LogP contribution in [-0.4, -0.2) is 30.1 Å². The average molecular weight is 269 g/mol. The van der Waals surface area contributed by atoms with Crippen LogP contribution in [0.5, 0.6) is 0 Å². The van der Waals surface area contributed by atoms with Crippen molar-refractivity contribution < 1.29 is 9.53 Å². The molecule has 4 nitrogen and oxygen atoms in total. The van der Waals surface area contributed by atoms with Gasteiger partial charge in [-0.1, -0.05) is 11.6 Å². The molecule has 2 rings (SSSR count). The van der Waals surface area contributed by atoms with Crippen molar-refractivity contribution in [2.75, 3.05) is 13.2 Å². The van der Waals surface area contributed by atoms with Crippen molar-refractivity contribution in [3.8, 4) is 0 Å². The van der Waals surface area contributed by atoms with E-state index in [9.17, 15) is 4.79 Å². The molecule has 1 aromatic rings. The number of halogens is 1. The van der Waals surface area contributed by atoms with Crippen molar-refractivity contribution in [2.24, 2.45) is 5.92 Å². The van der Waals surface area contributed by atoms with Crippen LogP contribution in [0.1, 0.15) is 30.1 Å². The monoisotopic (exact) mass is 268 g/mol. The first-order valence-electron chi connectivity index (χ1n) is 6.17. The molecule has 0 spiro atoms. The molecule has 2 heterocycles. The number of aromatic nitrogens is 1. The molecule has 1 aliphatic heterocycles. The van der Waals surface area contributed by atoms with Crippen LogP contribution < -0.4 is 5.32 Å². The molecule has 1 fully saturated rings. The van der Waals surface area contributed by atoms with Gasteiger partial charge < -0.3 is 10.1 Å². The van der Waals surface area contributed by atoms with E-state index < -0.39 is 0 Å². The minimum Gasteiger partial charge on any atom is -0.381 e. The summed E-state index contributed by atoms with van der Waals surface area (Å²) in [5.41, 5.74) is 0.429. The molecule has 0 radical (unpaired) electrons.